The SMILES string of the molecule is O=C(COC(=O)c1csc2c1CCCC2)c1ccc(Cl)s1. The van der Waals surface area contributed by atoms with Crippen LogP contribution in [0.5, 0.6) is 0 Å². The first-order valence-electron chi connectivity index (χ1n) is 6.70. The van der Waals surface area contributed by atoms with Gasteiger partial charge in [-0.3, -0.25) is 4.79 Å². The van der Waals surface area contributed by atoms with E-state index in [-0.39, 0.29) is 12.4 Å². The number of ketones is 1. The lowest BCUT2D eigenvalue weighted by molar-refractivity contribution is 0.0475. The van der Waals surface area contributed by atoms with Crippen LogP contribution in [-0.2, 0) is 17.6 Å². The molecule has 110 valence electrons. The van der Waals surface area contributed by atoms with Gasteiger partial charge in [0.1, 0.15) is 0 Å². The summed E-state index contributed by atoms with van der Waals surface area (Å²) < 4.78 is 5.71. The van der Waals surface area contributed by atoms with E-state index in [1.165, 1.54) is 22.6 Å². The number of esters is 1. The lowest BCUT2D eigenvalue weighted by atomic mass is 9.96. The fourth-order valence-corrected chi connectivity index (χ4v) is 4.49. The van der Waals surface area contributed by atoms with Gasteiger partial charge in [-0.15, -0.1) is 22.7 Å². The maximum absolute atomic E-state index is 12.1. The van der Waals surface area contributed by atoms with E-state index >= 15 is 0 Å². The number of hydrogen-bond donors (Lipinski definition) is 0. The van der Waals surface area contributed by atoms with Gasteiger partial charge in [-0.25, -0.2) is 4.79 Å². The van der Waals surface area contributed by atoms with Gasteiger partial charge < -0.3 is 4.74 Å². The third kappa shape index (κ3) is 3.20. The number of carbonyl (C=O) groups excluding carboxylic acids is 2. The van der Waals surface area contributed by atoms with Crippen LogP contribution in [-0.4, -0.2) is 18.4 Å². The molecule has 3 rings (SSSR count). The fourth-order valence-electron chi connectivity index (χ4n) is 2.41. The van der Waals surface area contributed by atoms with Crippen molar-refractivity contribution in [3.05, 3.63) is 42.7 Å². The first-order chi connectivity index (χ1) is 10.1. The normalized spacial score (nSPS) is 13.8. The van der Waals surface area contributed by atoms with Crippen LogP contribution in [0.3, 0.4) is 0 Å². The standard InChI is InChI=1S/C15H13ClO3S2/c16-14-6-5-13(21-14)11(17)7-19-15(18)10-8-20-12-4-2-1-3-9(10)12/h5-6,8H,1-4,7H2. The van der Waals surface area contributed by atoms with Crippen LogP contribution in [0.25, 0.3) is 0 Å². The van der Waals surface area contributed by atoms with Gasteiger partial charge >= 0.3 is 5.97 Å². The third-order valence-corrected chi connectivity index (χ3v) is 5.82. The van der Waals surface area contributed by atoms with Crippen molar-refractivity contribution in [1.82, 2.24) is 0 Å². The Balaban J connectivity index is 1.64. The highest BCUT2D eigenvalue weighted by Gasteiger charge is 2.22. The Labute approximate surface area is 135 Å². The molecular weight excluding hydrogens is 328 g/mol. The van der Waals surface area contributed by atoms with E-state index in [0.29, 0.717) is 14.8 Å². The molecule has 3 nitrogen and oxygen atoms in total. The molecule has 0 amide bonds. The molecule has 2 aromatic rings. The van der Waals surface area contributed by atoms with Crippen molar-refractivity contribution in [3.63, 3.8) is 0 Å². The van der Waals surface area contributed by atoms with Gasteiger partial charge in [0, 0.05) is 10.3 Å². The maximum atomic E-state index is 12.1. The highest BCUT2D eigenvalue weighted by Crippen LogP contribution is 2.30. The molecule has 6 heteroatoms. The number of fused-ring (bicyclic) bond motifs is 1. The predicted molar refractivity (Wildman–Crippen MR) is 84.9 cm³/mol. The molecule has 0 N–H and O–H groups in total. The van der Waals surface area contributed by atoms with Crippen molar-refractivity contribution in [2.45, 2.75) is 25.7 Å². The summed E-state index contributed by atoms with van der Waals surface area (Å²) in [5, 5.41) is 1.85. The number of carbonyl (C=O) groups is 2. The molecule has 1 aliphatic rings. The molecule has 0 radical (unpaired) electrons. The molecule has 1 aliphatic carbocycles. The van der Waals surface area contributed by atoms with E-state index in [1.807, 2.05) is 5.38 Å². The third-order valence-electron chi connectivity index (χ3n) is 3.46. The molecule has 0 spiro atoms. The van der Waals surface area contributed by atoms with Gasteiger partial charge in [0.05, 0.1) is 14.8 Å². The number of Topliss-reactive ketones (excluding diaryl/α,β-unsaturated/α-hetero) is 1. The Morgan fingerprint density at radius 3 is 2.81 bits per heavy atom. The minimum absolute atomic E-state index is 0.218. The zero-order chi connectivity index (χ0) is 14.8. The van der Waals surface area contributed by atoms with Crippen LogP contribution in [0.2, 0.25) is 4.34 Å². The van der Waals surface area contributed by atoms with Crippen molar-refractivity contribution in [2.24, 2.45) is 0 Å². The quantitative estimate of drug-likeness (QED) is 0.612. The van der Waals surface area contributed by atoms with Crippen LogP contribution in [0, 0.1) is 0 Å². The molecule has 0 atom stereocenters. The monoisotopic (exact) mass is 340 g/mol. The van der Waals surface area contributed by atoms with Crippen LogP contribution in [0.4, 0.5) is 0 Å². The number of thiophene rings is 2. The van der Waals surface area contributed by atoms with Crippen LogP contribution in [0.15, 0.2) is 17.5 Å². The van der Waals surface area contributed by atoms with E-state index in [4.69, 9.17) is 16.3 Å². The number of hydrogen-bond acceptors (Lipinski definition) is 5. The Morgan fingerprint density at radius 1 is 1.24 bits per heavy atom. The lowest BCUT2D eigenvalue weighted by Gasteiger charge is -2.12. The van der Waals surface area contributed by atoms with Gasteiger partial charge in [-0.2, -0.15) is 0 Å². The minimum Gasteiger partial charge on any atom is -0.454 e. The first-order valence-corrected chi connectivity index (χ1v) is 8.77. The van der Waals surface area contributed by atoms with Gasteiger partial charge in [0.2, 0.25) is 5.78 Å². The molecule has 0 unspecified atom stereocenters. The van der Waals surface area contributed by atoms with E-state index in [9.17, 15) is 9.59 Å². The summed E-state index contributed by atoms with van der Waals surface area (Å²) in [6, 6.07) is 3.31. The zero-order valence-electron chi connectivity index (χ0n) is 11.2. The van der Waals surface area contributed by atoms with E-state index < -0.39 is 5.97 Å². The first kappa shape index (κ1) is 14.8. The minimum atomic E-state index is -0.398. The van der Waals surface area contributed by atoms with Gasteiger partial charge in [-0.1, -0.05) is 11.6 Å². The van der Waals surface area contributed by atoms with Crippen molar-refractivity contribution in [3.8, 4) is 0 Å². The molecule has 0 bridgehead atoms. The second-order valence-electron chi connectivity index (χ2n) is 4.86. The zero-order valence-corrected chi connectivity index (χ0v) is 13.6. The number of aryl methyl sites for hydroxylation is 1. The molecular formula is C15H13ClO3S2. The summed E-state index contributed by atoms with van der Waals surface area (Å²) in [5.74, 6) is -0.616. The van der Waals surface area contributed by atoms with E-state index in [2.05, 4.69) is 0 Å². The molecule has 0 aromatic carbocycles. The van der Waals surface area contributed by atoms with Crippen molar-refractivity contribution in [2.75, 3.05) is 6.61 Å². The van der Waals surface area contributed by atoms with E-state index in [0.717, 1.165) is 24.8 Å². The highest BCUT2D eigenvalue weighted by molar-refractivity contribution is 7.18. The number of halogens is 1. The molecule has 0 saturated carbocycles. The second kappa shape index (κ2) is 6.30. The Hall–Kier alpha value is -1.17. The van der Waals surface area contributed by atoms with Gasteiger partial charge in [0.15, 0.2) is 6.61 Å². The fraction of sp³-hybridized carbons (Fsp3) is 0.333. The average molecular weight is 341 g/mol. The predicted octanol–water partition coefficient (Wildman–Crippen LogP) is 4.38. The Bertz CT molecular complexity index is 687. The van der Waals surface area contributed by atoms with Gasteiger partial charge in [-0.05, 0) is 43.4 Å². The van der Waals surface area contributed by atoms with Crippen LogP contribution in [0.1, 0.15) is 43.3 Å². The number of ether oxygens (including phenoxy) is 1. The number of rotatable bonds is 4. The summed E-state index contributed by atoms with van der Waals surface area (Å²) in [6.45, 7) is -0.236. The Morgan fingerprint density at radius 2 is 2.05 bits per heavy atom. The summed E-state index contributed by atoms with van der Waals surface area (Å²) in [4.78, 5) is 25.8. The molecule has 2 aromatic heterocycles. The topological polar surface area (TPSA) is 43.4 Å². The largest absolute Gasteiger partial charge is 0.454 e. The van der Waals surface area contributed by atoms with E-state index in [1.54, 1.807) is 23.5 Å². The van der Waals surface area contributed by atoms with Gasteiger partial charge in [0.25, 0.3) is 0 Å². The summed E-state index contributed by atoms with van der Waals surface area (Å²) in [5.41, 5.74) is 1.74. The van der Waals surface area contributed by atoms with Crippen LogP contribution < -0.4 is 0 Å². The molecule has 0 fully saturated rings. The van der Waals surface area contributed by atoms with Crippen molar-refractivity contribution >= 4 is 46.0 Å². The second-order valence-corrected chi connectivity index (χ2v) is 7.54. The summed E-state index contributed by atoms with van der Waals surface area (Å²) in [6.07, 6.45) is 4.26. The van der Waals surface area contributed by atoms with Crippen LogP contribution >= 0.6 is 34.3 Å². The molecule has 21 heavy (non-hydrogen) atoms. The van der Waals surface area contributed by atoms with Crippen molar-refractivity contribution < 1.29 is 14.3 Å². The molecule has 0 aliphatic heterocycles. The maximum Gasteiger partial charge on any atom is 0.339 e. The molecule has 0 saturated heterocycles. The average Bonchev–Trinajstić information content (AvgIpc) is 3.10. The lowest BCUT2D eigenvalue weighted by Crippen LogP contribution is -2.15. The Kier molecular flexibility index (Phi) is 4.42. The molecule has 2 heterocycles. The smallest absolute Gasteiger partial charge is 0.339 e. The summed E-state index contributed by atoms with van der Waals surface area (Å²) >= 11 is 8.60. The summed E-state index contributed by atoms with van der Waals surface area (Å²) in [7, 11) is 0. The van der Waals surface area contributed by atoms with Crippen molar-refractivity contribution in [1.29, 1.82) is 0 Å². The highest BCUT2D eigenvalue weighted by atomic mass is 35.5.